The largest absolute Gasteiger partial charge is 0.395 e. The standard InChI is InChI=1S/C12H15N3O2/c16-8-6-13-12(17)5-7-15-11-4-2-1-3-10(11)9-14-15/h1-4,9,16H,5-8H2,(H,13,17). The number of fused-ring (bicyclic) bond motifs is 1. The highest BCUT2D eigenvalue weighted by Crippen LogP contribution is 2.12. The molecule has 1 aromatic carbocycles. The smallest absolute Gasteiger partial charge is 0.221 e. The predicted molar refractivity (Wildman–Crippen MR) is 64.4 cm³/mol. The molecule has 0 aliphatic carbocycles. The normalized spacial score (nSPS) is 10.6. The van der Waals surface area contributed by atoms with Crippen molar-refractivity contribution in [3.63, 3.8) is 0 Å². The van der Waals surface area contributed by atoms with Gasteiger partial charge in [0.15, 0.2) is 0 Å². The van der Waals surface area contributed by atoms with Crippen molar-refractivity contribution in [2.24, 2.45) is 0 Å². The Labute approximate surface area is 99.1 Å². The molecule has 0 aliphatic rings. The minimum Gasteiger partial charge on any atom is -0.395 e. The van der Waals surface area contributed by atoms with Gasteiger partial charge >= 0.3 is 0 Å². The minimum absolute atomic E-state index is 0.0313. The highest BCUT2D eigenvalue weighted by Gasteiger charge is 2.04. The van der Waals surface area contributed by atoms with E-state index in [1.165, 1.54) is 0 Å². The van der Waals surface area contributed by atoms with Gasteiger partial charge in [-0.2, -0.15) is 5.10 Å². The molecule has 0 saturated carbocycles. The molecule has 0 fully saturated rings. The summed E-state index contributed by atoms with van der Waals surface area (Å²) < 4.78 is 1.81. The van der Waals surface area contributed by atoms with Crippen molar-refractivity contribution >= 4 is 16.8 Å². The van der Waals surface area contributed by atoms with Crippen molar-refractivity contribution in [2.45, 2.75) is 13.0 Å². The summed E-state index contributed by atoms with van der Waals surface area (Å²) in [6.07, 6.45) is 2.16. The van der Waals surface area contributed by atoms with Crippen LogP contribution in [0.5, 0.6) is 0 Å². The fraction of sp³-hybridized carbons (Fsp3) is 0.333. The number of carbonyl (C=O) groups excluding carboxylic acids is 1. The molecule has 0 saturated heterocycles. The Balaban J connectivity index is 1.97. The van der Waals surface area contributed by atoms with Gasteiger partial charge in [-0.3, -0.25) is 9.48 Å². The number of nitrogens with one attached hydrogen (secondary N) is 1. The molecule has 1 aromatic heterocycles. The van der Waals surface area contributed by atoms with Gasteiger partial charge in [0.2, 0.25) is 5.91 Å². The van der Waals surface area contributed by atoms with Crippen LogP contribution in [0.15, 0.2) is 30.5 Å². The highest BCUT2D eigenvalue weighted by atomic mass is 16.3. The molecule has 0 unspecified atom stereocenters. The molecule has 0 spiro atoms. The Morgan fingerprint density at radius 1 is 1.41 bits per heavy atom. The lowest BCUT2D eigenvalue weighted by Gasteiger charge is -2.04. The summed E-state index contributed by atoms with van der Waals surface area (Å²) in [5.41, 5.74) is 1.03. The van der Waals surface area contributed by atoms with Gasteiger partial charge < -0.3 is 10.4 Å². The SMILES string of the molecule is O=C(CCn1ncc2ccccc21)NCCO. The van der Waals surface area contributed by atoms with E-state index in [1.807, 2.05) is 28.9 Å². The van der Waals surface area contributed by atoms with Crippen LogP contribution in [0.25, 0.3) is 10.9 Å². The lowest BCUT2D eigenvalue weighted by molar-refractivity contribution is -0.121. The fourth-order valence-corrected chi connectivity index (χ4v) is 1.70. The van der Waals surface area contributed by atoms with Crippen molar-refractivity contribution < 1.29 is 9.90 Å². The number of hydrogen-bond donors (Lipinski definition) is 2. The molecule has 2 aromatic rings. The molecule has 90 valence electrons. The average molecular weight is 233 g/mol. The van der Waals surface area contributed by atoms with Gasteiger partial charge in [0, 0.05) is 18.4 Å². The van der Waals surface area contributed by atoms with Crippen LogP contribution in [0.3, 0.4) is 0 Å². The van der Waals surface area contributed by atoms with Crippen LogP contribution in [0.1, 0.15) is 6.42 Å². The number of hydrogen-bond acceptors (Lipinski definition) is 3. The first-order chi connectivity index (χ1) is 8.31. The summed E-state index contributed by atoms with van der Waals surface area (Å²) in [6.45, 7) is 0.819. The van der Waals surface area contributed by atoms with Gasteiger partial charge in [-0.25, -0.2) is 0 Å². The highest BCUT2D eigenvalue weighted by molar-refractivity contribution is 5.79. The molecule has 2 rings (SSSR count). The van der Waals surface area contributed by atoms with E-state index in [0.29, 0.717) is 19.5 Å². The van der Waals surface area contributed by atoms with Gasteiger partial charge in [-0.05, 0) is 6.07 Å². The molecule has 0 bridgehead atoms. The zero-order valence-electron chi connectivity index (χ0n) is 9.47. The number of aliphatic hydroxyl groups excluding tert-OH is 1. The summed E-state index contributed by atoms with van der Waals surface area (Å²) in [7, 11) is 0. The summed E-state index contributed by atoms with van der Waals surface area (Å²) in [6, 6.07) is 7.88. The molecule has 0 aliphatic heterocycles. The first-order valence-corrected chi connectivity index (χ1v) is 5.59. The third kappa shape index (κ3) is 2.82. The number of rotatable bonds is 5. The number of benzene rings is 1. The van der Waals surface area contributed by atoms with Gasteiger partial charge in [-0.1, -0.05) is 18.2 Å². The van der Waals surface area contributed by atoms with Crippen LogP contribution in [-0.4, -0.2) is 33.9 Å². The van der Waals surface area contributed by atoms with Crippen LogP contribution >= 0.6 is 0 Å². The minimum atomic E-state index is -0.0707. The number of carbonyl (C=O) groups is 1. The Morgan fingerprint density at radius 3 is 3.06 bits per heavy atom. The second-order valence-electron chi connectivity index (χ2n) is 3.75. The molecule has 0 atom stereocenters. The van der Waals surface area contributed by atoms with E-state index < -0.39 is 0 Å². The summed E-state index contributed by atoms with van der Waals surface area (Å²) >= 11 is 0. The molecular formula is C12H15N3O2. The Bertz CT molecular complexity index is 507. The van der Waals surface area contributed by atoms with E-state index in [2.05, 4.69) is 10.4 Å². The molecule has 5 heteroatoms. The number of amides is 1. The van der Waals surface area contributed by atoms with Crippen molar-refractivity contribution in [2.75, 3.05) is 13.2 Å². The summed E-state index contributed by atoms with van der Waals surface area (Å²) in [4.78, 5) is 11.4. The monoisotopic (exact) mass is 233 g/mol. The van der Waals surface area contributed by atoms with Crippen LogP contribution in [0, 0.1) is 0 Å². The molecule has 2 N–H and O–H groups in total. The molecule has 5 nitrogen and oxygen atoms in total. The maximum Gasteiger partial charge on any atom is 0.221 e. The molecule has 1 heterocycles. The van der Waals surface area contributed by atoms with Crippen LogP contribution in [0.2, 0.25) is 0 Å². The van der Waals surface area contributed by atoms with Gasteiger partial charge in [-0.15, -0.1) is 0 Å². The van der Waals surface area contributed by atoms with Crippen molar-refractivity contribution in [3.8, 4) is 0 Å². The Morgan fingerprint density at radius 2 is 2.24 bits per heavy atom. The van der Waals surface area contributed by atoms with Crippen LogP contribution in [0.4, 0.5) is 0 Å². The van der Waals surface area contributed by atoms with Gasteiger partial charge in [0.1, 0.15) is 0 Å². The van der Waals surface area contributed by atoms with E-state index in [1.54, 1.807) is 6.20 Å². The average Bonchev–Trinajstić information content (AvgIpc) is 2.77. The van der Waals surface area contributed by atoms with E-state index in [0.717, 1.165) is 10.9 Å². The van der Waals surface area contributed by atoms with Crippen molar-refractivity contribution in [3.05, 3.63) is 30.5 Å². The van der Waals surface area contributed by atoms with Crippen LogP contribution < -0.4 is 5.32 Å². The van der Waals surface area contributed by atoms with E-state index in [-0.39, 0.29) is 12.5 Å². The Hall–Kier alpha value is -1.88. The van der Waals surface area contributed by atoms with Crippen molar-refractivity contribution in [1.29, 1.82) is 0 Å². The summed E-state index contributed by atoms with van der Waals surface area (Å²) in [5, 5.41) is 16.5. The zero-order chi connectivity index (χ0) is 12.1. The second-order valence-corrected chi connectivity index (χ2v) is 3.75. The molecule has 0 radical (unpaired) electrons. The zero-order valence-corrected chi connectivity index (χ0v) is 9.47. The Kier molecular flexibility index (Phi) is 3.72. The third-order valence-electron chi connectivity index (χ3n) is 2.54. The van der Waals surface area contributed by atoms with Gasteiger partial charge in [0.25, 0.3) is 0 Å². The number of nitrogens with zero attached hydrogens (tertiary/aromatic N) is 2. The first kappa shape index (κ1) is 11.6. The van der Waals surface area contributed by atoms with E-state index in [4.69, 9.17) is 5.11 Å². The maximum absolute atomic E-state index is 11.4. The number of aromatic nitrogens is 2. The maximum atomic E-state index is 11.4. The molecule has 17 heavy (non-hydrogen) atoms. The first-order valence-electron chi connectivity index (χ1n) is 5.59. The van der Waals surface area contributed by atoms with Crippen molar-refractivity contribution in [1.82, 2.24) is 15.1 Å². The predicted octanol–water partition coefficient (Wildman–Crippen LogP) is 0.535. The lowest BCUT2D eigenvalue weighted by Crippen LogP contribution is -2.27. The molecule has 1 amide bonds. The number of para-hydroxylation sites is 1. The van der Waals surface area contributed by atoms with E-state index >= 15 is 0 Å². The lowest BCUT2D eigenvalue weighted by atomic mass is 10.2. The summed E-state index contributed by atoms with van der Waals surface area (Å²) in [5.74, 6) is -0.0707. The topological polar surface area (TPSA) is 67.2 Å². The second kappa shape index (κ2) is 5.45. The quantitative estimate of drug-likeness (QED) is 0.791. The number of aryl methyl sites for hydroxylation is 1. The fourth-order valence-electron chi connectivity index (χ4n) is 1.70. The molecular weight excluding hydrogens is 218 g/mol. The van der Waals surface area contributed by atoms with Gasteiger partial charge in [0.05, 0.1) is 24.9 Å². The van der Waals surface area contributed by atoms with E-state index in [9.17, 15) is 4.79 Å². The number of aliphatic hydroxyl groups is 1. The van der Waals surface area contributed by atoms with Crippen LogP contribution in [-0.2, 0) is 11.3 Å². The third-order valence-corrected chi connectivity index (χ3v) is 2.54.